The summed E-state index contributed by atoms with van der Waals surface area (Å²) in [4.78, 5) is 14.1. The first-order valence-corrected chi connectivity index (χ1v) is 14.5. The van der Waals surface area contributed by atoms with Gasteiger partial charge in [0.1, 0.15) is 17.6 Å². The topological polar surface area (TPSA) is 74.9 Å². The average molecular weight is 517 g/mol. The van der Waals surface area contributed by atoms with Gasteiger partial charge in [0.05, 0.1) is 6.61 Å². The van der Waals surface area contributed by atoms with E-state index in [1.54, 1.807) is 4.90 Å². The molecule has 3 heterocycles. The van der Waals surface area contributed by atoms with Crippen LogP contribution in [0.5, 0.6) is 5.75 Å². The van der Waals surface area contributed by atoms with Gasteiger partial charge in [0, 0.05) is 45.1 Å². The summed E-state index contributed by atoms with van der Waals surface area (Å²) in [5.41, 5.74) is 0.0816. The van der Waals surface area contributed by atoms with Crippen molar-refractivity contribution >= 4 is 6.09 Å². The molecule has 5 rings (SSSR count). The second-order valence-corrected chi connectivity index (χ2v) is 11.6. The number of benzene rings is 1. The molecule has 3 saturated heterocycles. The molecule has 0 bridgehead atoms. The number of aryl methyl sites for hydroxylation is 1. The van der Waals surface area contributed by atoms with Crippen molar-refractivity contribution in [1.82, 2.24) is 20.9 Å². The Labute approximate surface area is 221 Å². The monoisotopic (exact) mass is 516 g/mol. The van der Waals surface area contributed by atoms with Gasteiger partial charge in [-0.05, 0) is 87.1 Å². The molecule has 1 amide bonds. The molecule has 206 valence electrons. The number of hydrogen-bond donors (Lipinski definition) is 3. The molecule has 1 aliphatic carbocycles. The lowest BCUT2D eigenvalue weighted by Gasteiger charge is -2.36. The number of nitrogens with one attached hydrogen (secondary N) is 3. The van der Waals surface area contributed by atoms with Gasteiger partial charge in [-0.15, -0.1) is 0 Å². The molecule has 3 aliphatic heterocycles. The third-order valence-electron chi connectivity index (χ3n) is 8.96. The number of carbonyl (C=O) groups excluding carboxylic acids is 1. The smallest absolute Gasteiger partial charge is 0.409 e. The number of halogens is 1. The van der Waals surface area contributed by atoms with Gasteiger partial charge in [-0.1, -0.05) is 19.1 Å². The van der Waals surface area contributed by atoms with E-state index in [0.717, 1.165) is 63.9 Å². The van der Waals surface area contributed by atoms with E-state index in [1.165, 1.54) is 5.56 Å². The Hall–Kier alpha value is -1.90. The summed E-state index contributed by atoms with van der Waals surface area (Å²) in [5.74, 6) is 2.60. The molecule has 37 heavy (non-hydrogen) atoms. The highest BCUT2D eigenvalue weighted by molar-refractivity contribution is 5.67. The number of nitrogens with zero attached hydrogens (tertiary/aromatic N) is 1. The maximum atomic E-state index is 15.5. The van der Waals surface area contributed by atoms with Crippen molar-refractivity contribution in [1.29, 1.82) is 0 Å². The van der Waals surface area contributed by atoms with E-state index >= 15 is 4.39 Å². The Morgan fingerprint density at radius 2 is 1.89 bits per heavy atom. The molecule has 1 aromatic rings. The summed E-state index contributed by atoms with van der Waals surface area (Å²) in [7, 11) is 0. The predicted octanol–water partition coefficient (Wildman–Crippen LogP) is 3.87. The van der Waals surface area contributed by atoms with E-state index in [0.29, 0.717) is 62.9 Å². The van der Waals surface area contributed by atoms with Crippen LogP contribution in [-0.4, -0.2) is 74.8 Å². The quantitative estimate of drug-likeness (QED) is 0.463. The molecular weight excluding hydrogens is 471 g/mol. The number of carbonyl (C=O) groups is 1. The third-order valence-corrected chi connectivity index (χ3v) is 8.96. The van der Waals surface area contributed by atoms with Crippen LogP contribution in [0.2, 0.25) is 0 Å². The van der Waals surface area contributed by atoms with Gasteiger partial charge in [0.15, 0.2) is 0 Å². The second kappa shape index (κ2) is 12.3. The van der Waals surface area contributed by atoms with Gasteiger partial charge in [-0.25, -0.2) is 9.18 Å². The molecule has 0 aromatic heterocycles. The lowest BCUT2D eigenvalue weighted by molar-refractivity contribution is 0.0359. The van der Waals surface area contributed by atoms with Crippen LogP contribution < -0.4 is 20.7 Å². The van der Waals surface area contributed by atoms with Crippen LogP contribution >= 0.6 is 0 Å². The fraction of sp³-hybridized carbons (Fsp3) is 0.759. The van der Waals surface area contributed by atoms with Crippen molar-refractivity contribution < 1.29 is 18.7 Å². The Bertz CT molecular complexity index is 862. The maximum absolute atomic E-state index is 15.5. The number of ether oxygens (including phenoxy) is 2. The molecule has 1 aromatic carbocycles. The Kier molecular flexibility index (Phi) is 8.88. The zero-order valence-corrected chi connectivity index (χ0v) is 22.4. The first-order valence-electron chi connectivity index (χ1n) is 14.5. The fourth-order valence-corrected chi connectivity index (χ4v) is 6.17. The summed E-state index contributed by atoms with van der Waals surface area (Å²) in [5, 5.41) is 10.4. The van der Waals surface area contributed by atoms with Crippen molar-refractivity contribution in [2.45, 2.75) is 76.2 Å². The van der Waals surface area contributed by atoms with E-state index in [-0.39, 0.29) is 12.3 Å². The molecule has 4 aliphatic rings. The highest BCUT2D eigenvalue weighted by Crippen LogP contribution is 2.41. The van der Waals surface area contributed by atoms with Gasteiger partial charge in [0.25, 0.3) is 0 Å². The van der Waals surface area contributed by atoms with Crippen molar-refractivity contribution in [2.24, 2.45) is 17.8 Å². The van der Waals surface area contributed by atoms with Gasteiger partial charge >= 0.3 is 6.09 Å². The average Bonchev–Trinajstić information content (AvgIpc) is 3.72. The minimum atomic E-state index is -1.24. The van der Waals surface area contributed by atoms with Gasteiger partial charge in [0.2, 0.25) is 0 Å². The number of likely N-dealkylation sites (tertiary alicyclic amines) is 1. The molecule has 0 spiro atoms. The molecule has 7 nitrogen and oxygen atoms in total. The Morgan fingerprint density at radius 1 is 1.14 bits per heavy atom. The van der Waals surface area contributed by atoms with Crippen LogP contribution in [0.3, 0.4) is 0 Å². The number of hydrogen-bond acceptors (Lipinski definition) is 6. The molecule has 4 fully saturated rings. The van der Waals surface area contributed by atoms with Crippen LogP contribution in [-0.2, 0) is 11.2 Å². The Balaban J connectivity index is 0.960. The van der Waals surface area contributed by atoms with E-state index < -0.39 is 5.67 Å². The van der Waals surface area contributed by atoms with Gasteiger partial charge in [-0.2, -0.15) is 0 Å². The van der Waals surface area contributed by atoms with E-state index in [2.05, 4.69) is 47.1 Å². The molecular formula is C29H45FN4O3. The molecule has 1 saturated carbocycles. The number of amides is 1. The highest BCUT2D eigenvalue weighted by atomic mass is 19.1. The molecule has 0 radical (unpaired) electrons. The van der Waals surface area contributed by atoms with Crippen LogP contribution in [0, 0.1) is 17.8 Å². The molecule has 3 N–H and O–H groups in total. The molecule has 8 heteroatoms. The van der Waals surface area contributed by atoms with Gasteiger partial charge in [-0.3, -0.25) is 5.32 Å². The normalized spacial score (nSPS) is 30.1. The third kappa shape index (κ3) is 7.36. The Morgan fingerprint density at radius 3 is 2.57 bits per heavy atom. The van der Waals surface area contributed by atoms with Crippen LogP contribution in [0.15, 0.2) is 24.3 Å². The minimum Gasteiger partial charge on any atom is -0.475 e. The zero-order chi connectivity index (χ0) is 25.7. The first-order chi connectivity index (χ1) is 18.0. The second-order valence-electron chi connectivity index (χ2n) is 11.6. The van der Waals surface area contributed by atoms with E-state index in [1.807, 2.05) is 0 Å². The maximum Gasteiger partial charge on any atom is 0.409 e. The van der Waals surface area contributed by atoms with Crippen LogP contribution in [0.25, 0.3) is 0 Å². The molecule has 4 unspecified atom stereocenters. The van der Waals surface area contributed by atoms with Crippen LogP contribution in [0.1, 0.15) is 57.4 Å². The lowest BCUT2D eigenvalue weighted by atomic mass is 9.92. The standard InChI is InChI=1S/C29H45FN4O3/c1-2-21-3-6-24(7-4-21)37-27-8-5-23(18-32-27)25-17-26(25)33-20-29(30)11-15-34(16-12-29)28(35)36-19-22-9-13-31-14-10-22/h3-4,6-7,22-23,25-27,31-33H,2,5,8-20H2,1H3. The lowest BCUT2D eigenvalue weighted by Crippen LogP contribution is -2.50. The SMILES string of the molecule is CCc1ccc(OC2CCC(C3CC3NCC3(F)CCN(C(=O)OCC4CCNCC4)CC3)CN2)cc1. The van der Waals surface area contributed by atoms with Crippen molar-refractivity contribution in [3.63, 3.8) is 0 Å². The molecule has 4 atom stereocenters. The zero-order valence-electron chi connectivity index (χ0n) is 22.4. The summed E-state index contributed by atoms with van der Waals surface area (Å²) in [6.07, 6.45) is 6.95. The van der Waals surface area contributed by atoms with Crippen molar-refractivity contribution in [3.05, 3.63) is 29.8 Å². The van der Waals surface area contributed by atoms with Crippen molar-refractivity contribution in [3.8, 4) is 5.75 Å². The first kappa shape index (κ1) is 26.7. The van der Waals surface area contributed by atoms with Crippen molar-refractivity contribution in [2.75, 3.05) is 45.9 Å². The predicted molar refractivity (Wildman–Crippen MR) is 142 cm³/mol. The number of piperidine rings is 3. The number of rotatable bonds is 9. The number of alkyl halides is 1. The summed E-state index contributed by atoms with van der Waals surface area (Å²) >= 11 is 0. The summed E-state index contributed by atoms with van der Waals surface area (Å²) in [6, 6.07) is 8.79. The minimum absolute atomic E-state index is 0.0690. The van der Waals surface area contributed by atoms with Gasteiger partial charge < -0.3 is 25.0 Å². The van der Waals surface area contributed by atoms with E-state index in [4.69, 9.17) is 9.47 Å². The van der Waals surface area contributed by atoms with E-state index in [9.17, 15) is 4.79 Å². The van der Waals surface area contributed by atoms with Crippen LogP contribution in [0.4, 0.5) is 9.18 Å². The highest BCUT2D eigenvalue weighted by Gasteiger charge is 2.45. The largest absolute Gasteiger partial charge is 0.475 e. The fourth-order valence-electron chi connectivity index (χ4n) is 6.17. The summed E-state index contributed by atoms with van der Waals surface area (Å²) < 4.78 is 27.1. The summed E-state index contributed by atoms with van der Waals surface area (Å²) in [6.45, 7) is 6.83.